The Morgan fingerprint density at radius 2 is 1.93 bits per heavy atom. The Bertz CT molecular complexity index is 898. The topological polar surface area (TPSA) is 71.9 Å². The van der Waals surface area contributed by atoms with Gasteiger partial charge in [-0.1, -0.05) is 23.5 Å². The van der Waals surface area contributed by atoms with Crippen LogP contribution in [-0.4, -0.2) is 64.6 Å². The van der Waals surface area contributed by atoms with Crippen LogP contribution >= 0.6 is 23.6 Å². The predicted octanol–water partition coefficient (Wildman–Crippen LogP) is 3.94. The van der Waals surface area contributed by atoms with E-state index < -0.39 is 5.60 Å². The number of para-hydroxylation sites is 2. The second kappa shape index (κ2) is 9.10. The maximum Gasteiger partial charge on any atom is 0.410 e. The van der Waals surface area contributed by atoms with Crippen molar-refractivity contribution in [2.45, 2.75) is 33.0 Å². The number of piperazine rings is 1. The normalized spacial score (nSPS) is 15.2. The van der Waals surface area contributed by atoms with Crippen LogP contribution in [-0.2, 0) is 11.4 Å². The molecule has 1 aliphatic rings. The molecule has 10 heteroatoms. The highest BCUT2D eigenvalue weighted by molar-refractivity contribution is 7.73. The lowest BCUT2D eigenvalue weighted by molar-refractivity contribution is 0.0114. The molecule has 1 amide bonds. The van der Waals surface area contributed by atoms with Gasteiger partial charge in [-0.25, -0.2) is 9.48 Å². The number of amides is 1. The predicted molar refractivity (Wildman–Crippen MR) is 117 cm³/mol. The average molecular weight is 438 g/mol. The van der Waals surface area contributed by atoms with Crippen molar-refractivity contribution >= 4 is 40.5 Å². The van der Waals surface area contributed by atoms with Crippen molar-refractivity contribution in [1.82, 2.24) is 19.6 Å². The first-order valence-corrected chi connectivity index (χ1v) is 10.7. The summed E-state index contributed by atoms with van der Waals surface area (Å²) in [7, 11) is 1.64. The number of methoxy groups -OCH3 is 1. The first-order chi connectivity index (χ1) is 13.7. The van der Waals surface area contributed by atoms with Gasteiger partial charge < -0.3 is 19.7 Å². The van der Waals surface area contributed by atoms with Crippen molar-refractivity contribution in [3.63, 3.8) is 0 Å². The van der Waals surface area contributed by atoms with E-state index in [0.29, 0.717) is 28.8 Å². The van der Waals surface area contributed by atoms with Gasteiger partial charge in [0, 0.05) is 26.2 Å². The molecule has 2 aromatic rings. The maximum atomic E-state index is 12.2. The Morgan fingerprint density at radius 1 is 1.24 bits per heavy atom. The maximum absolute atomic E-state index is 12.2. The standard InChI is InChI=1S/C19H27N5O3S2/c1-19(2,3)27-17(25)23-11-9-22(10-12-23)13-24-18(28)29-16(21-24)20-14-7-5-6-8-15(14)26-4/h5-8H,9-13H2,1-4H3,(H,20,21). The molecule has 3 rings (SSSR count). The number of anilines is 2. The van der Waals surface area contributed by atoms with Gasteiger partial charge in [0.15, 0.2) is 3.95 Å². The van der Waals surface area contributed by atoms with Gasteiger partial charge in [0.25, 0.3) is 0 Å². The van der Waals surface area contributed by atoms with Crippen molar-refractivity contribution in [3.05, 3.63) is 28.2 Å². The number of carbonyl (C=O) groups is 1. The third kappa shape index (κ3) is 5.91. The summed E-state index contributed by atoms with van der Waals surface area (Å²) < 4.78 is 13.3. The molecule has 29 heavy (non-hydrogen) atoms. The van der Waals surface area contributed by atoms with E-state index in [-0.39, 0.29) is 6.09 Å². The molecule has 1 saturated heterocycles. The lowest BCUT2D eigenvalue weighted by atomic mass is 10.2. The lowest BCUT2D eigenvalue weighted by Gasteiger charge is -2.35. The van der Waals surface area contributed by atoms with E-state index in [1.807, 2.05) is 45.0 Å². The summed E-state index contributed by atoms with van der Waals surface area (Å²) >= 11 is 6.90. The molecule has 158 valence electrons. The van der Waals surface area contributed by atoms with Crippen LogP contribution in [0.2, 0.25) is 0 Å². The van der Waals surface area contributed by atoms with Gasteiger partial charge in [-0.2, -0.15) is 0 Å². The number of benzene rings is 1. The summed E-state index contributed by atoms with van der Waals surface area (Å²) in [5, 5.41) is 8.58. The number of nitrogens with zero attached hydrogens (tertiary/aromatic N) is 4. The summed E-state index contributed by atoms with van der Waals surface area (Å²) in [4.78, 5) is 16.2. The number of rotatable bonds is 5. The van der Waals surface area contributed by atoms with Crippen LogP contribution in [0.5, 0.6) is 5.75 Å². The van der Waals surface area contributed by atoms with Crippen LogP contribution < -0.4 is 10.1 Å². The molecule has 1 aromatic carbocycles. The number of ether oxygens (including phenoxy) is 2. The molecule has 0 saturated carbocycles. The molecule has 0 aliphatic carbocycles. The average Bonchev–Trinajstić information content (AvgIpc) is 3.00. The van der Waals surface area contributed by atoms with Crippen molar-refractivity contribution in [2.75, 3.05) is 38.6 Å². The van der Waals surface area contributed by atoms with Crippen molar-refractivity contribution in [2.24, 2.45) is 0 Å². The van der Waals surface area contributed by atoms with Crippen molar-refractivity contribution in [1.29, 1.82) is 0 Å². The molecule has 2 heterocycles. The number of hydrogen-bond donors (Lipinski definition) is 1. The summed E-state index contributed by atoms with van der Waals surface area (Å²) in [6.45, 7) is 8.95. The Hall–Kier alpha value is -2.17. The smallest absolute Gasteiger partial charge is 0.410 e. The van der Waals surface area contributed by atoms with Gasteiger partial charge in [0.2, 0.25) is 5.13 Å². The molecule has 0 unspecified atom stereocenters. The number of hydrogen-bond acceptors (Lipinski definition) is 8. The Balaban J connectivity index is 1.57. The van der Waals surface area contributed by atoms with Crippen molar-refractivity contribution < 1.29 is 14.3 Å². The molecule has 1 N–H and O–H groups in total. The molecule has 0 radical (unpaired) electrons. The van der Waals surface area contributed by atoms with Crippen LogP contribution in [0.15, 0.2) is 24.3 Å². The fourth-order valence-electron chi connectivity index (χ4n) is 2.90. The van der Waals surface area contributed by atoms with E-state index in [4.69, 9.17) is 21.7 Å². The van der Waals surface area contributed by atoms with Crippen molar-refractivity contribution in [3.8, 4) is 5.75 Å². The first kappa shape index (κ1) is 21.5. The van der Waals surface area contributed by atoms with Gasteiger partial charge in [0.1, 0.15) is 11.4 Å². The van der Waals surface area contributed by atoms with Crippen LogP contribution in [0.25, 0.3) is 0 Å². The second-order valence-electron chi connectivity index (χ2n) is 7.72. The number of nitrogens with one attached hydrogen (secondary N) is 1. The Morgan fingerprint density at radius 3 is 2.59 bits per heavy atom. The molecular weight excluding hydrogens is 410 g/mol. The minimum absolute atomic E-state index is 0.259. The van der Waals surface area contributed by atoms with E-state index in [1.165, 1.54) is 11.3 Å². The molecule has 1 fully saturated rings. The zero-order chi connectivity index (χ0) is 21.0. The molecule has 0 spiro atoms. The molecule has 1 aromatic heterocycles. The minimum Gasteiger partial charge on any atom is -0.495 e. The lowest BCUT2D eigenvalue weighted by Crippen LogP contribution is -2.50. The molecule has 0 bridgehead atoms. The highest BCUT2D eigenvalue weighted by Gasteiger charge is 2.26. The summed E-state index contributed by atoms with van der Waals surface area (Å²) in [5.41, 5.74) is 0.365. The molecule has 1 aliphatic heterocycles. The Kier molecular flexibility index (Phi) is 6.76. The quantitative estimate of drug-likeness (QED) is 0.711. The van der Waals surface area contributed by atoms with Gasteiger partial charge >= 0.3 is 6.09 Å². The number of carbonyl (C=O) groups excluding carboxylic acids is 1. The van der Waals surface area contributed by atoms with E-state index >= 15 is 0 Å². The zero-order valence-electron chi connectivity index (χ0n) is 17.2. The molecule has 8 nitrogen and oxygen atoms in total. The van der Waals surface area contributed by atoms with Crippen LogP contribution in [0.1, 0.15) is 20.8 Å². The van der Waals surface area contributed by atoms with Crippen LogP contribution in [0.3, 0.4) is 0 Å². The minimum atomic E-state index is -0.479. The van der Waals surface area contributed by atoms with Crippen LogP contribution in [0, 0.1) is 3.95 Å². The summed E-state index contributed by atoms with van der Waals surface area (Å²) in [5.74, 6) is 0.749. The second-order valence-corrected chi connectivity index (χ2v) is 9.35. The van der Waals surface area contributed by atoms with Gasteiger partial charge in [-0.3, -0.25) is 4.90 Å². The van der Waals surface area contributed by atoms with Gasteiger partial charge in [-0.15, -0.1) is 5.10 Å². The third-order valence-corrected chi connectivity index (χ3v) is 5.54. The van der Waals surface area contributed by atoms with E-state index in [2.05, 4.69) is 15.3 Å². The largest absolute Gasteiger partial charge is 0.495 e. The van der Waals surface area contributed by atoms with E-state index in [0.717, 1.165) is 24.5 Å². The van der Waals surface area contributed by atoms with Gasteiger partial charge in [0.05, 0.1) is 19.5 Å². The highest BCUT2D eigenvalue weighted by Crippen LogP contribution is 2.28. The molecule has 0 atom stereocenters. The molecular formula is C19H27N5O3S2. The summed E-state index contributed by atoms with van der Waals surface area (Å²) in [6.07, 6.45) is -0.259. The third-order valence-electron chi connectivity index (χ3n) is 4.31. The van der Waals surface area contributed by atoms with E-state index in [9.17, 15) is 4.79 Å². The zero-order valence-corrected chi connectivity index (χ0v) is 18.8. The summed E-state index contributed by atoms with van der Waals surface area (Å²) in [6, 6.07) is 7.68. The SMILES string of the molecule is COc1ccccc1Nc1nn(CN2CCN(C(=O)OC(C)(C)C)CC2)c(=S)s1. The number of aromatic nitrogens is 2. The van der Waals surface area contributed by atoms with E-state index in [1.54, 1.807) is 16.7 Å². The van der Waals surface area contributed by atoms with Gasteiger partial charge in [-0.05, 0) is 45.1 Å². The first-order valence-electron chi connectivity index (χ1n) is 9.43. The Labute approximate surface area is 180 Å². The monoisotopic (exact) mass is 437 g/mol. The van der Waals surface area contributed by atoms with Crippen LogP contribution in [0.4, 0.5) is 15.6 Å². The highest BCUT2D eigenvalue weighted by atomic mass is 32.1. The fourth-order valence-corrected chi connectivity index (χ4v) is 3.90. The fraction of sp³-hybridized carbons (Fsp3) is 0.526.